The molecule has 1 N–H and O–H groups in total. The molecule has 47 heavy (non-hydrogen) atoms. The Labute approximate surface area is 271 Å². The Morgan fingerprint density at radius 2 is 1.66 bits per heavy atom. The van der Waals surface area contributed by atoms with E-state index in [1.807, 2.05) is 30.3 Å². The molecular formula is C36H36F2N4O5. The molecule has 3 heterocycles. The van der Waals surface area contributed by atoms with Gasteiger partial charge in [0.2, 0.25) is 5.91 Å². The van der Waals surface area contributed by atoms with Crippen LogP contribution in [0, 0.1) is 11.6 Å². The molecule has 1 saturated heterocycles. The number of carbonyl (C=O) groups is 2. The van der Waals surface area contributed by atoms with E-state index in [1.165, 1.54) is 13.2 Å². The molecule has 1 unspecified atom stereocenters. The molecule has 244 valence electrons. The molecule has 0 saturated carbocycles. The highest BCUT2D eigenvalue weighted by atomic mass is 19.1. The quantitative estimate of drug-likeness (QED) is 0.251. The molecule has 0 radical (unpaired) electrons. The van der Waals surface area contributed by atoms with Crippen LogP contribution in [-0.2, 0) is 24.3 Å². The number of methoxy groups -OCH3 is 2. The number of benzene rings is 3. The fraction of sp³-hybridized carbons (Fsp3) is 0.333. The van der Waals surface area contributed by atoms with Gasteiger partial charge in [-0.1, -0.05) is 30.3 Å². The monoisotopic (exact) mass is 642 g/mol. The zero-order valence-electron chi connectivity index (χ0n) is 26.7. The van der Waals surface area contributed by atoms with E-state index in [9.17, 15) is 23.5 Å². The predicted molar refractivity (Wildman–Crippen MR) is 170 cm³/mol. The standard InChI is InChI=1S/C36H36F2N4O5/c1-36(2,45)20-41-15-14-25(34(41)43)22-10-8-21(9-11-22)16-28-32-29(40-33(39-28)31-26(37)6-5-7-27(31)38)19-42(35(32)44)18-23-12-13-24(46-3)17-30(23)47-4/h5-13,17,25,45H,14-16,18-20H2,1-4H3. The maximum atomic E-state index is 14.9. The van der Waals surface area contributed by atoms with E-state index in [4.69, 9.17) is 9.47 Å². The first-order valence-corrected chi connectivity index (χ1v) is 15.4. The van der Waals surface area contributed by atoms with Crippen molar-refractivity contribution in [1.29, 1.82) is 0 Å². The summed E-state index contributed by atoms with van der Waals surface area (Å²) in [5.74, 6) is -1.20. The number of aliphatic hydroxyl groups is 1. The molecule has 4 aromatic rings. The first-order chi connectivity index (χ1) is 22.5. The molecule has 0 bridgehead atoms. The highest BCUT2D eigenvalue weighted by molar-refractivity contribution is 5.99. The number of nitrogens with zero attached hydrogens (tertiary/aromatic N) is 4. The number of hydrogen-bond donors (Lipinski definition) is 1. The van der Waals surface area contributed by atoms with Gasteiger partial charge in [0.1, 0.15) is 23.1 Å². The van der Waals surface area contributed by atoms with E-state index in [0.717, 1.165) is 28.8 Å². The van der Waals surface area contributed by atoms with E-state index < -0.39 is 17.2 Å². The number of fused-ring (bicyclic) bond motifs is 1. The molecule has 0 aliphatic carbocycles. The lowest BCUT2D eigenvalue weighted by molar-refractivity contribution is -0.131. The van der Waals surface area contributed by atoms with Crippen molar-refractivity contribution in [2.75, 3.05) is 27.3 Å². The number of aromatic nitrogens is 2. The Balaban J connectivity index is 1.31. The van der Waals surface area contributed by atoms with Crippen LogP contribution in [0.5, 0.6) is 11.5 Å². The van der Waals surface area contributed by atoms with Crippen LogP contribution in [-0.4, -0.2) is 69.6 Å². The third-order valence-corrected chi connectivity index (χ3v) is 8.57. The summed E-state index contributed by atoms with van der Waals surface area (Å²) >= 11 is 0. The Morgan fingerprint density at radius 3 is 2.32 bits per heavy atom. The van der Waals surface area contributed by atoms with Gasteiger partial charge in [0.25, 0.3) is 5.91 Å². The molecule has 1 aromatic heterocycles. The van der Waals surface area contributed by atoms with Gasteiger partial charge in [0.05, 0.1) is 61.3 Å². The van der Waals surface area contributed by atoms with Crippen molar-refractivity contribution in [3.63, 3.8) is 0 Å². The van der Waals surface area contributed by atoms with Gasteiger partial charge < -0.3 is 24.4 Å². The summed E-state index contributed by atoms with van der Waals surface area (Å²) in [5.41, 5.74) is 2.10. The summed E-state index contributed by atoms with van der Waals surface area (Å²) in [6.45, 7) is 4.51. The highest BCUT2D eigenvalue weighted by Crippen LogP contribution is 2.34. The van der Waals surface area contributed by atoms with Crippen LogP contribution in [0.25, 0.3) is 11.4 Å². The van der Waals surface area contributed by atoms with Crippen LogP contribution >= 0.6 is 0 Å². The van der Waals surface area contributed by atoms with Crippen LogP contribution in [0.2, 0.25) is 0 Å². The molecule has 2 aliphatic heterocycles. The molecule has 3 aromatic carbocycles. The van der Waals surface area contributed by atoms with Gasteiger partial charge in [-0.25, -0.2) is 18.7 Å². The van der Waals surface area contributed by atoms with E-state index in [0.29, 0.717) is 41.4 Å². The van der Waals surface area contributed by atoms with E-state index >= 15 is 0 Å². The Bertz CT molecular complexity index is 1820. The Hall–Kier alpha value is -4.90. The molecule has 2 aliphatic rings. The first-order valence-electron chi connectivity index (χ1n) is 15.4. The second-order valence-corrected chi connectivity index (χ2v) is 12.6. The summed E-state index contributed by atoms with van der Waals surface area (Å²) < 4.78 is 40.6. The van der Waals surface area contributed by atoms with E-state index in [1.54, 1.807) is 42.9 Å². The van der Waals surface area contributed by atoms with Crippen molar-refractivity contribution in [3.8, 4) is 22.9 Å². The van der Waals surface area contributed by atoms with Gasteiger partial charge in [0.15, 0.2) is 5.82 Å². The van der Waals surface area contributed by atoms with Crippen LogP contribution in [0.3, 0.4) is 0 Å². The third-order valence-electron chi connectivity index (χ3n) is 8.57. The lowest BCUT2D eigenvalue weighted by Crippen LogP contribution is -2.39. The average molecular weight is 643 g/mol. The van der Waals surface area contributed by atoms with Crippen molar-refractivity contribution in [3.05, 3.63) is 106 Å². The van der Waals surface area contributed by atoms with Gasteiger partial charge in [-0.15, -0.1) is 0 Å². The molecule has 1 atom stereocenters. The molecule has 11 heteroatoms. The average Bonchev–Trinajstić information content (AvgIpc) is 3.54. The smallest absolute Gasteiger partial charge is 0.258 e. The van der Waals surface area contributed by atoms with Crippen LogP contribution < -0.4 is 9.47 Å². The molecule has 6 rings (SSSR count). The van der Waals surface area contributed by atoms with Crippen molar-refractivity contribution in [2.45, 2.75) is 51.3 Å². The summed E-state index contributed by atoms with van der Waals surface area (Å²) in [7, 11) is 3.09. The molecular weight excluding hydrogens is 606 g/mol. The number of halogens is 2. The summed E-state index contributed by atoms with van der Waals surface area (Å²) in [6, 6.07) is 16.4. The highest BCUT2D eigenvalue weighted by Gasteiger charge is 2.36. The van der Waals surface area contributed by atoms with Crippen molar-refractivity contribution in [1.82, 2.24) is 19.8 Å². The van der Waals surface area contributed by atoms with E-state index in [2.05, 4.69) is 9.97 Å². The number of amides is 2. The van der Waals surface area contributed by atoms with Gasteiger partial charge in [-0.05, 0) is 55.7 Å². The first kappa shape index (κ1) is 32.1. The number of hydrogen-bond acceptors (Lipinski definition) is 7. The zero-order chi connectivity index (χ0) is 33.5. The number of likely N-dealkylation sites (tertiary alicyclic amines) is 1. The normalized spacial score (nSPS) is 16.2. The van der Waals surface area contributed by atoms with Crippen LogP contribution in [0.4, 0.5) is 8.78 Å². The lowest BCUT2D eigenvalue weighted by atomic mass is 9.95. The number of β-amino-alcohol motifs (C(OH)–C–C–N with tert-alkyl or cyclic N) is 1. The van der Waals surface area contributed by atoms with Crippen molar-refractivity contribution >= 4 is 11.8 Å². The fourth-order valence-electron chi connectivity index (χ4n) is 6.33. The zero-order valence-corrected chi connectivity index (χ0v) is 26.7. The summed E-state index contributed by atoms with van der Waals surface area (Å²) in [5, 5.41) is 10.2. The molecule has 9 nitrogen and oxygen atoms in total. The second-order valence-electron chi connectivity index (χ2n) is 12.6. The van der Waals surface area contributed by atoms with Gasteiger partial charge >= 0.3 is 0 Å². The number of ether oxygens (including phenoxy) is 2. The SMILES string of the molecule is COc1ccc(CN2Cc3nc(-c4c(F)cccc4F)nc(Cc4ccc(C5CCN(CC(C)(C)O)C5=O)cc4)c3C2=O)c(OC)c1. The van der Waals surface area contributed by atoms with Gasteiger partial charge in [0, 0.05) is 31.1 Å². The van der Waals surface area contributed by atoms with Crippen molar-refractivity contribution < 1.29 is 33.0 Å². The third kappa shape index (κ3) is 6.53. The topological polar surface area (TPSA) is 105 Å². The Kier molecular flexibility index (Phi) is 8.67. The maximum Gasteiger partial charge on any atom is 0.258 e. The molecule has 0 spiro atoms. The molecule has 1 fully saturated rings. The molecule has 2 amide bonds. The second kappa shape index (κ2) is 12.7. The summed E-state index contributed by atoms with van der Waals surface area (Å²) in [6.07, 6.45) is 0.845. The fourth-order valence-corrected chi connectivity index (χ4v) is 6.33. The lowest BCUT2D eigenvalue weighted by Gasteiger charge is -2.25. The van der Waals surface area contributed by atoms with E-state index in [-0.39, 0.29) is 55.2 Å². The van der Waals surface area contributed by atoms with Crippen molar-refractivity contribution in [2.24, 2.45) is 0 Å². The Morgan fingerprint density at radius 1 is 0.936 bits per heavy atom. The number of carbonyl (C=O) groups excluding carboxylic acids is 2. The minimum absolute atomic E-state index is 0.0239. The minimum Gasteiger partial charge on any atom is -0.497 e. The van der Waals surface area contributed by atoms with Crippen LogP contribution in [0.1, 0.15) is 64.6 Å². The largest absolute Gasteiger partial charge is 0.497 e. The van der Waals surface area contributed by atoms with Gasteiger partial charge in [-0.3, -0.25) is 9.59 Å². The minimum atomic E-state index is -0.982. The number of rotatable bonds is 10. The maximum absolute atomic E-state index is 14.9. The van der Waals surface area contributed by atoms with Crippen LogP contribution in [0.15, 0.2) is 60.7 Å². The predicted octanol–water partition coefficient (Wildman–Crippen LogP) is 5.27. The summed E-state index contributed by atoms with van der Waals surface area (Å²) in [4.78, 5) is 39.3. The van der Waals surface area contributed by atoms with Gasteiger partial charge in [-0.2, -0.15) is 0 Å².